The lowest BCUT2D eigenvalue weighted by Gasteiger charge is -1.93. The lowest BCUT2D eigenvalue weighted by molar-refractivity contribution is 0.625. The van der Waals surface area contributed by atoms with Crippen LogP contribution in [0.4, 0.5) is 4.39 Å². The average Bonchev–Trinajstić information content (AvgIpc) is 2.38. The quantitative estimate of drug-likeness (QED) is 0.754. The number of hydrogen-bond acceptors (Lipinski definition) is 1. The smallest absolute Gasteiger partial charge is 0.274 e. The maximum absolute atomic E-state index is 13.4. The second-order valence-corrected chi connectivity index (χ2v) is 3.61. The molecule has 0 unspecified atom stereocenters. The summed E-state index contributed by atoms with van der Waals surface area (Å²) in [7, 11) is 1.55. The molecule has 2 rings (SSSR count). The van der Waals surface area contributed by atoms with Crippen molar-refractivity contribution in [2.24, 2.45) is 7.05 Å². The lowest BCUT2D eigenvalue weighted by Crippen LogP contribution is -2.10. The molecular formula is C8H6BrFN2O. The second kappa shape index (κ2) is 2.70. The average molecular weight is 245 g/mol. The van der Waals surface area contributed by atoms with Crippen LogP contribution in [0.25, 0.3) is 10.9 Å². The Bertz CT molecular complexity index is 529. The predicted molar refractivity (Wildman–Crippen MR) is 51.2 cm³/mol. The first-order valence-corrected chi connectivity index (χ1v) is 4.43. The Morgan fingerprint density at radius 1 is 1.54 bits per heavy atom. The minimum absolute atomic E-state index is 0.221. The van der Waals surface area contributed by atoms with E-state index in [4.69, 9.17) is 0 Å². The largest absolute Gasteiger partial charge is 0.292 e. The van der Waals surface area contributed by atoms with Crippen molar-refractivity contribution in [3.8, 4) is 0 Å². The van der Waals surface area contributed by atoms with E-state index in [9.17, 15) is 9.18 Å². The Morgan fingerprint density at radius 3 is 2.92 bits per heavy atom. The molecule has 68 valence electrons. The number of halogens is 2. The van der Waals surface area contributed by atoms with Crippen LogP contribution < -0.4 is 5.56 Å². The summed E-state index contributed by atoms with van der Waals surface area (Å²) in [6, 6.07) is 3.11. The Kier molecular flexibility index (Phi) is 1.76. The summed E-state index contributed by atoms with van der Waals surface area (Å²) < 4.78 is 15.0. The van der Waals surface area contributed by atoms with Crippen LogP contribution in [0.1, 0.15) is 0 Å². The van der Waals surface area contributed by atoms with E-state index in [0.29, 0.717) is 9.86 Å². The van der Waals surface area contributed by atoms with Crippen molar-refractivity contribution in [3.05, 3.63) is 32.8 Å². The van der Waals surface area contributed by atoms with Gasteiger partial charge in [-0.15, -0.1) is 0 Å². The van der Waals surface area contributed by atoms with Gasteiger partial charge in [0.2, 0.25) is 0 Å². The zero-order valence-corrected chi connectivity index (χ0v) is 8.35. The molecule has 13 heavy (non-hydrogen) atoms. The highest BCUT2D eigenvalue weighted by Gasteiger charge is 2.10. The molecule has 0 aliphatic carbocycles. The molecule has 0 saturated heterocycles. The van der Waals surface area contributed by atoms with Crippen LogP contribution in [0.2, 0.25) is 0 Å². The molecule has 0 aliphatic heterocycles. The van der Waals surface area contributed by atoms with Gasteiger partial charge in [0.05, 0.1) is 9.86 Å². The van der Waals surface area contributed by atoms with Crippen molar-refractivity contribution >= 4 is 26.8 Å². The molecule has 1 heterocycles. The number of hydrogen-bond donors (Lipinski definition) is 1. The predicted octanol–water partition coefficient (Wildman–Crippen LogP) is 1.77. The molecule has 0 saturated carbocycles. The maximum Gasteiger partial charge on any atom is 0.274 e. The van der Waals surface area contributed by atoms with Crippen LogP contribution in [0, 0.1) is 5.82 Å². The highest BCUT2D eigenvalue weighted by atomic mass is 79.9. The van der Waals surface area contributed by atoms with Crippen molar-refractivity contribution in [1.82, 2.24) is 9.78 Å². The fourth-order valence-corrected chi connectivity index (χ4v) is 1.57. The molecular weight excluding hydrogens is 239 g/mol. The van der Waals surface area contributed by atoms with Crippen LogP contribution in [-0.2, 0) is 7.05 Å². The number of fused-ring (bicyclic) bond motifs is 1. The van der Waals surface area contributed by atoms with Gasteiger partial charge in [-0.05, 0) is 28.1 Å². The van der Waals surface area contributed by atoms with Gasteiger partial charge in [0.1, 0.15) is 5.52 Å². The summed E-state index contributed by atoms with van der Waals surface area (Å²) in [5.74, 6) is -0.435. The van der Waals surface area contributed by atoms with E-state index < -0.39 is 5.82 Å². The van der Waals surface area contributed by atoms with Crippen molar-refractivity contribution in [2.45, 2.75) is 0 Å². The van der Waals surface area contributed by atoms with Crippen molar-refractivity contribution < 1.29 is 4.39 Å². The summed E-state index contributed by atoms with van der Waals surface area (Å²) in [4.78, 5) is 11.3. The molecule has 1 aromatic heterocycles. The van der Waals surface area contributed by atoms with E-state index in [0.717, 1.165) is 0 Å². The van der Waals surface area contributed by atoms with Crippen LogP contribution >= 0.6 is 15.9 Å². The zero-order valence-electron chi connectivity index (χ0n) is 6.77. The van der Waals surface area contributed by atoms with Gasteiger partial charge in [0.25, 0.3) is 5.56 Å². The molecule has 5 heteroatoms. The lowest BCUT2D eigenvalue weighted by atomic mass is 10.2. The zero-order chi connectivity index (χ0) is 9.59. The molecule has 0 radical (unpaired) electrons. The number of aromatic nitrogens is 2. The minimum atomic E-state index is -0.435. The third-order valence-corrected chi connectivity index (χ3v) is 2.52. The monoisotopic (exact) mass is 244 g/mol. The fraction of sp³-hybridized carbons (Fsp3) is 0.125. The number of rotatable bonds is 0. The van der Waals surface area contributed by atoms with Crippen molar-refractivity contribution in [3.63, 3.8) is 0 Å². The molecule has 0 bridgehead atoms. The number of aromatic amines is 1. The van der Waals surface area contributed by atoms with Gasteiger partial charge in [-0.2, -0.15) is 0 Å². The van der Waals surface area contributed by atoms with E-state index in [-0.39, 0.29) is 11.1 Å². The molecule has 0 fully saturated rings. The standard InChI is InChI=1S/C8H6BrFN2O/c1-12-8(13)4-2-3-5(9)6(10)7(4)11-12/h2-3,11H,1H3. The number of nitrogens with one attached hydrogen (secondary N) is 1. The topological polar surface area (TPSA) is 37.8 Å². The van der Waals surface area contributed by atoms with Gasteiger partial charge < -0.3 is 0 Å². The van der Waals surface area contributed by atoms with Crippen molar-refractivity contribution in [1.29, 1.82) is 0 Å². The molecule has 1 N–H and O–H groups in total. The van der Waals surface area contributed by atoms with E-state index in [1.54, 1.807) is 13.1 Å². The maximum atomic E-state index is 13.4. The minimum Gasteiger partial charge on any atom is -0.292 e. The molecule has 0 spiro atoms. The molecule has 2 aromatic rings. The van der Waals surface area contributed by atoms with E-state index >= 15 is 0 Å². The summed E-state index contributed by atoms with van der Waals surface area (Å²) in [5.41, 5.74) is 0.0169. The first kappa shape index (κ1) is 8.50. The number of nitrogens with zero attached hydrogens (tertiary/aromatic N) is 1. The van der Waals surface area contributed by atoms with Crippen LogP contribution in [0.5, 0.6) is 0 Å². The molecule has 0 aliphatic rings. The summed E-state index contributed by atoms with van der Waals surface area (Å²) in [6.07, 6.45) is 0. The highest BCUT2D eigenvalue weighted by molar-refractivity contribution is 9.10. The first-order chi connectivity index (χ1) is 6.11. The summed E-state index contributed by atoms with van der Waals surface area (Å²) in [5, 5.41) is 3.00. The first-order valence-electron chi connectivity index (χ1n) is 3.64. The fourth-order valence-electron chi connectivity index (χ4n) is 1.24. The van der Waals surface area contributed by atoms with Crippen molar-refractivity contribution in [2.75, 3.05) is 0 Å². The van der Waals surface area contributed by atoms with E-state index in [2.05, 4.69) is 21.0 Å². The molecule has 0 amide bonds. The van der Waals surface area contributed by atoms with Crippen LogP contribution in [0.15, 0.2) is 21.4 Å². The second-order valence-electron chi connectivity index (χ2n) is 2.76. The van der Waals surface area contributed by atoms with Crippen LogP contribution in [0.3, 0.4) is 0 Å². The number of benzene rings is 1. The van der Waals surface area contributed by atoms with E-state index in [1.165, 1.54) is 10.7 Å². The van der Waals surface area contributed by atoms with Gasteiger partial charge in [0.15, 0.2) is 5.82 Å². The molecule has 3 nitrogen and oxygen atoms in total. The Labute approximate surface area is 81.3 Å². The summed E-state index contributed by atoms with van der Waals surface area (Å²) in [6.45, 7) is 0. The van der Waals surface area contributed by atoms with E-state index in [1.807, 2.05) is 0 Å². The number of H-pyrrole nitrogens is 1. The number of aryl methyl sites for hydroxylation is 1. The highest BCUT2D eigenvalue weighted by Crippen LogP contribution is 2.21. The van der Waals surface area contributed by atoms with Gasteiger partial charge in [-0.3, -0.25) is 14.6 Å². The van der Waals surface area contributed by atoms with Gasteiger partial charge >= 0.3 is 0 Å². The Balaban J connectivity index is 3.03. The van der Waals surface area contributed by atoms with Crippen LogP contribution in [-0.4, -0.2) is 9.78 Å². The summed E-state index contributed by atoms with van der Waals surface area (Å²) >= 11 is 3.04. The van der Waals surface area contributed by atoms with Gasteiger partial charge in [-0.25, -0.2) is 4.39 Å². The molecule has 0 atom stereocenters. The third-order valence-electron chi connectivity index (χ3n) is 1.91. The normalized spacial score (nSPS) is 11.0. The molecule has 1 aromatic carbocycles. The Hall–Kier alpha value is -1.10. The Morgan fingerprint density at radius 2 is 2.23 bits per heavy atom. The van der Waals surface area contributed by atoms with Gasteiger partial charge in [-0.1, -0.05) is 0 Å². The third kappa shape index (κ3) is 1.11. The SMILES string of the molecule is Cn1[nH]c2c(F)c(Br)ccc2c1=O. The van der Waals surface area contributed by atoms with Gasteiger partial charge in [0, 0.05) is 7.05 Å².